The number of para-hydroxylation sites is 1. The van der Waals surface area contributed by atoms with Gasteiger partial charge in [-0.2, -0.15) is 0 Å². The summed E-state index contributed by atoms with van der Waals surface area (Å²) in [6.07, 6.45) is 0. The van der Waals surface area contributed by atoms with Gasteiger partial charge in [0.15, 0.2) is 0 Å². The Morgan fingerprint density at radius 2 is 1.76 bits per heavy atom. The van der Waals surface area contributed by atoms with E-state index in [0.29, 0.717) is 30.0 Å². The van der Waals surface area contributed by atoms with E-state index in [1.165, 1.54) is 4.90 Å². The van der Waals surface area contributed by atoms with Gasteiger partial charge in [-0.25, -0.2) is 0 Å². The molecule has 1 N–H and O–H groups in total. The third kappa shape index (κ3) is 3.29. The first kappa shape index (κ1) is 16.9. The van der Waals surface area contributed by atoms with Gasteiger partial charge in [-0.15, -0.1) is 0 Å². The number of amides is 2. The third-order valence-corrected chi connectivity index (χ3v) is 4.16. The Labute approximate surface area is 146 Å². The summed E-state index contributed by atoms with van der Waals surface area (Å²) < 4.78 is 0. The van der Waals surface area contributed by atoms with E-state index in [2.05, 4.69) is 5.32 Å². The molecule has 0 radical (unpaired) electrons. The number of Topliss-reactive ketones (excluding diaryl/α,β-unsaturated/α-hetero) is 1. The molecule has 0 saturated carbocycles. The molecule has 3 rings (SSSR count). The van der Waals surface area contributed by atoms with Crippen LogP contribution in [0.3, 0.4) is 0 Å². The maximum Gasteiger partial charge on any atom is 0.300 e. The molecule has 1 aliphatic rings. The number of hydrogen-bond donors (Lipinski definition) is 1. The van der Waals surface area contributed by atoms with Crippen LogP contribution in [0.2, 0.25) is 0 Å². The van der Waals surface area contributed by atoms with E-state index in [9.17, 15) is 14.4 Å². The van der Waals surface area contributed by atoms with Gasteiger partial charge in [-0.1, -0.05) is 24.3 Å². The Kier molecular flexibility index (Phi) is 4.63. The van der Waals surface area contributed by atoms with Crippen LogP contribution in [-0.2, 0) is 11.3 Å². The first-order chi connectivity index (χ1) is 12.0. The van der Waals surface area contributed by atoms with E-state index in [-0.39, 0.29) is 5.91 Å². The molecule has 1 heterocycles. The molecule has 0 saturated heterocycles. The van der Waals surface area contributed by atoms with Crippen molar-refractivity contribution in [1.29, 1.82) is 0 Å². The summed E-state index contributed by atoms with van der Waals surface area (Å²) in [6.45, 7) is 0.910. The van der Waals surface area contributed by atoms with Gasteiger partial charge < -0.3 is 5.32 Å². The lowest BCUT2D eigenvalue weighted by atomic mass is 10.1. The molecule has 1 aliphatic heterocycles. The molecule has 0 atom stereocenters. The van der Waals surface area contributed by atoms with Crippen molar-refractivity contribution in [2.45, 2.75) is 6.54 Å². The van der Waals surface area contributed by atoms with Crippen LogP contribution < -0.4 is 10.2 Å². The molecule has 0 aliphatic carbocycles. The average molecular weight is 337 g/mol. The Morgan fingerprint density at radius 3 is 2.44 bits per heavy atom. The quantitative estimate of drug-likeness (QED) is 0.843. The maximum absolute atomic E-state index is 12.2. The van der Waals surface area contributed by atoms with Crippen molar-refractivity contribution in [2.75, 3.05) is 25.7 Å². The zero-order chi connectivity index (χ0) is 18.0. The van der Waals surface area contributed by atoms with Crippen LogP contribution in [-0.4, -0.2) is 43.3 Å². The highest BCUT2D eigenvalue weighted by Crippen LogP contribution is 2.28. The molecule has 0 fully saturated rings. The van der Waals surface area contributed by atoms with Crippen molar-refractivity contribution in [2.24, 2.45) is 0 Å². The summed E-state index contributed by atoms with van der Waals surface area (Å²) in [4.78, 5) is 39.2. The predicted octanol–water partition coefficient (Wildman–Crippen LogP) is 1.66. The number of carbonyl (C=O) groups excluding carboxylic acids is 3. The first-order valence-corrected chi connectivity index (χ1v) is 7.96. The van der Waals surface area contributed by atoms with E-state index < -0.39 is 11.7 Å². The van der Waals surface area contributed by atoms with Crippen molar-refractivity contribution in [3.05, 3.63) is 65.2 Å². The van der Waals surface area contributed by atoms with Crippen LogP contribution in [0, 0.1) is 0 Å². The van der Waals surface area contributed by atoms with E-state index in [1.54, 1.807) is 37.4 Å². The zero-order valence-electron chi connectivity index (χ0n) is 14.2. The van der Waals surface area contributed by atoms with Crippen LogP contribution in [0.4, 0.5) is 5.69 Å². The lowest BCUT2D eigenvalue weighted by Crippen LogP contribution is -2.38. The minimum Gasteiger partial charge on any atom is -0.355 e. The van der Waals surface area contributed by atoms with Crippen molar-refractivity contribution >= 4 is 23.3 Å². The number of fused-ring (bicyclic) bond motifs is 1. The largest absolute Gasteiger partial charge is 0.355 e. The van der Waals surface area contributed by atoms with Crippen LogP contribution in [0.1, 0.15) is 26.3 Å². The summed E-state index contributed by atoms with van der Waals surface area (Å²) in [5.74, 6) is -1.08. The molecular weight excluding hydrogens is 318 g/mol. The molecule has 2 amide bonds. The number of rotatable bonds is 5. The Bertz CT molecular complexity index is 830. The summed E-state index contributed by atoms with van der Waals surface area (Å²) in [5, 5.41) is 2.58. The number of nitrogens with one attached hydrogen (secondary N) is 1. The SMILES string of the molecule is CNC(=O)c1ccc(CN(C)CN2C(=O)C(=O)c3ccccc32)cc1. The number of nitrogens with zero attached hydrogens (tertiary/aromatic N) is 2. The Balaban J connectivity index is 1.69. The van der Waals surface area contributed by atoms with Crippen LogP contribution >= 0.6 is 0 Å². The second kappa shape index (κ2) is 6.86. The van der Waals surface area contributed by atoms with E-state index in [0.717, 1.165) is 5.56 Å². The van der Waals surface area contributed by atoms with Gasteiger partial charge in [0, 0.05) is 19.2 Å². The monoisotopic (exact) mass is 337 g/mol. The maximum atomic E-state index is 12.2. The Morgan fingerprint density at radius 1 is 1.08 bits per heavy atom. The lowest BCUT2D eigenvalue weighted by Gasteiger charge is -2.24. The molecule has 0 unspecified atom stereocenters. The van der Waals surface area contributed by atoms with Crippen LogP contribution in [0.25, 0.3) is 0 Å². The van der Waals surface area contributed by atoms with Gasteiger partial charge in [0.05, 0.1) is 17.9 Å². The number of ketones is 1. The molecule has 6 nitrogen and oxygen atoms in total. The van der Waals surface area contributed by atoms with Gasteiger partial charge in [0.25, 0.3) is 11.7 Å². The molecule has 25 heavy (non-hydrogen) atoms. The van der Waals surface area contributed by atoms with E-state index in [1.807, 2.05) is 30.1 Å². The normalized spacial score (nSPS) is 13.3. The highest BCUT2D eigenvalue weighted by atomic mass is 16.2. The summed E-state index contributed by atoms with van der Waals surface area (Å²) in [6, 6.07) is 14.3. The van der Waals surface area contributed by atoms with Gasteiger partial charge >= 0.3 is 5.91 Å². The second-order valence-electron chi connectivity index (χ2n) is 6.01. The Hall–Kier alpha value is -2.99. The lowest BCUT2D eigenvalue weighted by molar-refractivity contribution is -0.114. The molecule has 2 aromatic carbocycles. The fraction of sp³-hybridized carbons (Fsp3) is 0.211. The fourth-order valence-corrected chi connectivity index (χ4v) is 2.90. The minimum atomic E-state index is -0.497. The third-order valence-electron chi connectivity index (χ3n) is 4.16. The molecule has 6 heteroatoms. The summed E-state index contributed by atoms with van der Waals surface area (Å²) in [7, 11) is 3.47. The van der Waals surface area contributed by atoms with E-state index in [4.69, 9.17) is 0 Å². The summed E-state index contributed by atoms with van der Waals surface area (Å²) in [5.41, 5.74) is 2.72. The molecule has 0 aromatic heterocycles. The average Bonchev–Trinajstić information content (AvgIpc) is 2.87. The first-order valence-electron chi connectivity index (χ1n) is 7.96. The second-order valence-corrected chi connectivity index (χ2v) is 6.01. The standard InChI is InChI=1S/C19H19N3O3/c1-20-18(24)14-9-7-13(8-10-14)11-21(2)12-22-16-6-4-3-5-15(16)17(23)19(22)25/h3-10H,11-12H2,1-2H3,(H,20,24). The number of carbonyl (C=O) groups is 3. The molecule has 0 spiro atoms. The van der Waals surface area contributed by atoms with Crippen molar-refractivity contribution in [3.8, 4) is 0 Å². The highest BCUT2D eigenvalue weighted by Gasteiger charge is 2.35. The minimum absolute atomic E-state index is 0.127. The van der Waals surface area contributed by atoms with Crippen LogP contribution in [0.5, 0.6) is 0 Å². The topological polar surface area (TPSA) is 69.7 Å². The van der Waals surface area contributed by atoms with E-state index >= 15 is 0 Å². The summed E-state index contributed by atoms with van der Waals surface area (Å²) >= 11 is 0. The van der Waals surface area contributed by atoms with Crippen molar-refractivity contribution in [1.82, 2.24) is 10.2 Å². The molecule has 128 valence electrons. The molecular formula is C19H19N3O3. The predicted molar refractivity (Wildman–Crippen MR) is 94.4 cm³/mol. The van der Waals surface area contributed by atoms with Crippen LogP contribution in [0.15, 0.2) is 48.5 Å². The smallest absolute Gasteiger partial charge is 0.300 e. The molecule has 0 bridgehead atoms. The molecule has 2 aromatic rings. The van der Waals surface area contributed by atoms with Crippen molar-refractivity contribution in [3.63, 3.8) is 0 Å². The fourth-order valence-electron chi connectivity index (χ4n) is 2.90. The van der Waals surface area contributed by atoms with Gasteiger partial charge in [-0.3, -0.25) is 24.2 Å². The van der Waals surface area contributed by atoms with Gasteiger partial charge in [-0.05, 0) is 36.9 Å². The van der Waals surface area contributed by atoms with Crippen molar-refractivity contribution < 1.29 is 14.4 Å². The van der Waals surface area contributed by atoms with Gasteiger partial charge in [0.2, 0.25) is 0 Å². The highest BCUT2D eigenvalue weighted by molar-refractivity contribution is 6.52. The zero-order valence-corrected chi connectivity index (χ0v) is 14.2. The number of hydrogen-bond acceptors (Lipinski definition) is 4. The number of anilines is 1. The van der Waals surface area contributed by atoms with Gasteiger partial charge in [0.1, 0.15) is 0 Å². The number of benzene rings is 2.